The molecule has 0 aliphatic heterocycles. The number of nitrogens with zero attached hydrogens (tertiary/aromatic N) is 2. The first kappa shape index (κ1) is 14.9. The molecule has 0 aliphatic carbocycles. The molecule has 0 unspecified atom stereocenters. The minimum absolute atomic E-state index is 0.326. The van der Waals surface area contributed by atoms with Crippen molar-refractivity contribution in [1.82, 2.24) is 9.55 Å². The summed E-state index contributed by atoms with van der Waals surface area (Å²) in [5.74, 6) is 1.94. The lowest BCUT2D eigenvalue weighted by atomic mass is 10.2. The molecule has 0 N–H and O–H groups in total. The number of ether oxygens (including phenoxy) is 1. The number of hydrogen-bond acceptors (Lipinski definition) is 4. The summed E-state index contributed by atoms with van der Waals surface area (Å²) in [6.45, 7) is 3.70. The normalized spacial score (nSPS) is 10.3. The first-order valence-electron chi connectivity index (χ1n) is 5.79. The van der Waals surface area contributed by atoms with Gasteiger partial charge in [-0.25, -0.2) is 4.98 Å². The number of thiol groups is 1. The van der Waals surface area contributed by atoms with Gasteiger partial charge in [0.1, 0.15) is 21.9 Å². The van der Waals surface area contributed by atoms with Gasteiger partial charge >= 0.3 is 0 Å². The van der Waals surface area contributed by atoms with Gasteiger partial charge in [-0.1, -0.05) is 6.58 Å². The van der Waals surface area contributed by atoms with E-state index >= 15 is 0 Å². The van der Waals surface area contributed by atoms with Crippen molar-refractivity contribution in [2.45, 2.75) is 5.75 Å². The maximum atomic E-state index is 10.9. The summed E-state index contributed by atoms with van der Waals surface area (Å²) in [5, 5.41) is 0. The van der Waals surface area contributed by atoms with Gasteiger partial charge in [0.25, 0.3) is 0 Å². The highest BCUT2D eigenvalue weighted by Crippen LogP contribution is 2.28. The highest BCUT2D eigenvalue weighted by molar-refractivity contribution is 9.10. The molecule has 0 aliphatic rings. The third-order valence-corrected chi connectivity index (χ3v) is 3.82. The van der Waals surface area contributed by atoms with Crippen molar-refractivity contribution in [2.75, 3.05) is 7.11 Å². The Morgan fingerprint density at radius 1 is 1.50 bits per heavy atom. The number of halogens is 1. The number of hydrogen-bond donors (Lipinski definition) is 1. The minimum atomic E-state index is 0.326. The molecule has 2 aromatic rings. The third-order valence-electron chi connectivity index (χ3n) is 2.81. The van der Waals surface area contributed by atoms with E-state index in [-0.39, 0.29) is 0 Å². The summed E-state index contributed by atoms with van der Waals surface area (Å²) in [7, 11) is 1.62. The molecule has 4 nitrogen and oxygen atoms in total. The van der Waals surface area contributed by atoms with Gasteiger partial charge in [0.05, 0.1) is 7.11 Å². The van der Waals surface area contributed by atoms with Crippen molar-refractivity contribution in [3.63, 3.8) is 0 Å². The average Bonchev–Trinajstić information content (AvgIpc) is 2.83. The van der Waals surface area contributed by atoms with E-state index in [4.69, 9.17) is 4.74 Å². The molecule has 0 saturated carbocycles. The van der Waals surface area contributed by atoms with Crippen LogP contribution in [0, 0.1) is 0 Å². The van der Waals surface area contributed by atoms with Gasteiger partial charge in [0.15, 0.2) is 6.29 Å². The lowest BCUT2D eigenvalue weighted by Gasteiger charge is -2.09. The van der Waals surface area contributed by atoms with Crippen molar-refractivity contribution in [3.05, 3.63) is 47.0 Å². The van der Waals surface area contributed by atoms with Gasteiger partial charge in [0, 0.05) is 17.0 Å². The Labute approximate surface area is 131 Å². The molecule has 0 bridgehead atoms. The van der Waals surface area contributed by atoms with E-state index in [1.54, 1.807) is 7.11 Å². The lowest BCUT2D eigenvalue weighted by Crippen LogP contribution is -1.99. The van der Waals surface area contributed by atoms with Crippen LogP contribution in [0.2, 0.25) is 0 Å². The molecule has 0 fully saturated rings. The Morgan fingerprint density at radius 2 is 2.15 bits per heavy atom. The van der Waals surface area contributed by atoms with Gasteiger partial charge in [-0.2, -0.15) is 12.6 Å². The molecule has 0 atom stereocenters. The predicted octanol–water partition coefficient (Wildman–Crippen LogP) is 3.29. The fourth-order valence-corrected chi connectivity index (χ4v) is 2.77. The van der Waals surface area contributed by atoms with Crippen LogP contribution in [0.3, 0.4) is 0 Å². The van der Waals surface area contributed by atoms with Crippen LogP contribution in [0.5, 0.6) is 5.75 Å². The van der Waals surface area contributed by atoms with Crippen LogP contribution in [0.15, 0.2) is 35.4 Å². The zero-order valence-corrected chi connectivity index (χ0v) is 13.3. The predicted molar refractivity (Wildman–Crippen MR) is 85.6 cm³/mol. The number of carbonyl (C=O) groups excluding carboxylic acids is 1. The van der Waals surface area contributed by atoms with Crippen LogP contribution in [-0.2, 0) is 10.5 Å². The second-order valence-corrected chi connectivity index (χ2v) is 5.07. The maximum absolute atomic E-state index is 10.9. The van der Waals surface area contributed by atoms with Gasteiger partial charge in [-0.15, -0.1) is 0 Å². The number of imidazole rings is 1. The Bertz CT molecular complexity index is 650. The van der Waals surface area contributed by atoms with Gasteiger partial charge < -0.3 is 4.74 Å². The van der Waals surface area contributed by atoms with Crippen molar-refractivity contribution < 1.29 is 9.53 Å². The van der Waals surface area contributed by atoms with E-state index in [2.05, 4.69) is 40.1 Å². The molecule has 0 spiro atoms. The minimum Gasteiger partial charge on any atom is -0.497 e. The molecular weight excluding hydrogens is 340 g/mol. The number of benzene rings is 1. The summed E-state index contributed by atoms with van der Waals surface area (Å²) in [6.07, 6.45) is 0.688. The molecule has 2 rings (SSSR count). The van der Waals surface area contributed by atoms with Crippen LogP contribution >= 0.6 is 28.6 Å². The van der Waals surface area contributed by atoms with E-state index in [9.17, 15) is 4.79 Å². The smallest absolute Gasteiger partial charge is 0.151 e. The van der Waals surface area contributed by atoms with Crippen molar-refractivity contribution in [3.8, 4) is 11.4 Å². The van der Waals surface area contributed by atoms with Crippen LogP contribution in [0.25, 0.3) is 11.3 Å². The number of aromatic nitrogens is 2. The molecule has 0 radical (unpaired) electrons. The molecule has 1 aromatic heterocycles. The number of aldehydes is 1. The van der Waals surface area contributed by atoms with Gasteiger partial charge in [-0.3, -0.25) is 9.36 Å². The second kappa shape index (κ2) is 6.28. The summed E-state index contributed by atoms with van der Waals surface area (Å²) < 4.78 is 7.71. The summed E-state index contributed by atoms with van der Waals surface area (Å²) in [4.78, 5) is 15.3. The molecule has 6 heteroatoms. The van der Waals surface area contributed by atoms with Crippen molar-refractivity contribution >= 4 is 40.4 Å². The molecule has 20 heavy (non-hydrogen) atoms. The van der Waals surface area contributed by atoms with E-state index in [1.807, 2.05) is 28.8 Å². The number of carbonyl (C=O) groups is 1. The molecule has 1 aromatic carbocycles. The number of rotatable bonds is 5. The van der Waals surface area contributed by atoms with Crippen LogP contribution in [0.1, 0.15) is 11.5 Å². The summed E-state index contributed by atoms with van der Waals surface area (Å²) in [6, 6.07) is 7.54. The van der Waals surface area contributed by atoms with Crippen LogP contribution in [-0.4, -0.2) is 22.9 Å². The summed E-state index contributed by atoms with van der Waals surface area (Å²) in [5.41, 5.74) is 1.76. The summed E-state index contributed by atoms with van der Waals surface area (Å²) >= 11 is 7.75. The lowest BCUT2D eigenvalue weighted by molar-refractivity contribution is -0.103. The average molecular weight is 353 g/mol. The fourth-order valence-electron chi connectivity index (χ4n) is 1.80. The van der Waals surface area contributed by atoms with Crippen molar-refractivity contribution in [2.24, 2.45) is 0 Å². The number of allylic oxidation sites excluding steroid dienone is 1. The highest BCUT2D eigenvalue weighted by atomic mass is 79.9. The van der Waals surface area contributed by atoms with Crippen LogP contribution < -0.4 is 4.74 Å². The molecule has 104 valence electrons. The Balaban J connectivity index is 2.56. The number of methoxy groups -OCH3 is 1. The van der Waals surface area contributed by atoms with E-state index in [0.717, 1.165) is 17.3 Å². The van der Waals surface area contributed by atoms with Crippen LogP contribution in [0.4, 0.5) is 0 Å². The van der Waals surface area contributed by atoms with Gasteiger partial charge in [0.2, 0.25) is 0 Å². The van der Waals surface area contributed by atoms with Gasteiger partial charge in [-0.05, 0) is 40.2 Å². The third kappa shape index (κ3) is 2.66. The highest BCUT2D eigenvalue weighted by Gasteiger charge is 2.17. The molecule has 0 saturated heterocycles. The Morgan fingerprint density at radius 3 is 2.65 bits per heavy atom. The topological polar surface area (TPSA) is 44.1 Å². The monoisotopic (exact) mass is 352 g/mol. The largest absolute Gasteiger partial charge is 0.497 e. The fraction of sp³-hybridized carbons (Fsp3) is 0.143. The molecule has 0 amide bonds. The first-order chi connectivity index (χ1) is 9.62. The zero-order chi connectivity index (χ0) is 14.7. The SMILES string of the molecule is C=C(C=O)c1nc(CS)n(-c2ccc(OC)cc2)c1Br. The standard InChI is InChI=1S/C14H13BrN2O2S/c1-9(7-18)13-14(15)17(12(8-20)16-13)10-3-5-11(19-2)6-4-10/h3-7,20H,1,8H2,2H3. The van der Waals surface area contributed by atoms with E-state index in [1.165, 1.54) is 0 Å². The second-order valence-electron chi connectivity index (χ2n) is 4.00. The first-order valence-corrected chi connectivity index (χ1v) is 7.21. The Hall–Kier alpha value is -1.53. The van der Waals surface area contributed by atoms with E-state index in [0.29, 0.717) is 27.9 Å². The van der Waals surface area contributed by atoms with E-state index < -0.39 is 0 Å². The molecular formula is C14H13BrN2O2S. The van der Waals surface area contributed by atoms with Crippen molar-refractivity contribution in [1.29, 1.82) is 0 Å². The molecule has 1 heterocycles. The zero-order valence-electron chi connectivity index (χ0n) is 10.8. The maximum Gasteiger partial charge on any atom is 0.151 e. The Kier molecular flexibility index (Phi) is 4.67. The quantitative estimate of drug-likeness (QED) is 0.510.